The molecule has 3 N–H and O–H groups in total. The molecule has 0 heterocycles. The van der Waals surface area contributed by atoms with Gasteiger partial charge in [-0.25, -0.2) is 0 Å². The Morgan fingerprint density at radius 3 is 1.79 bits per heavy atom. The van der Waals surface area contributed by atoms with Gasteiger partial charge in [0.05, 0.1) is 6.61 Å². The summed E-state index contributed by atoms with van der Waals surface area (Å²) in [6.45, 7) is 24.6. The fraction of sp³-hybridized carbons (Fsp3) is 0.577. The second-order valence-corrected chi connectivity index (χ2v) is 10.6. The highest BCUT2D eigenvalue weighted by atomic mass is 32.2. The molecule has 0 spiro atoms. The van der Waals surface area contributed by atoms with Crippen LogP contribution in [0.2, 0.25) is 0 Å². The van der Waals surface area contributed by atoms with Crippen molar-refractivity contribution in [2.24, 2.45) is 0 Å². The van der Waals surface area contributed by atoms with E-state index in [1.54, 1.807) is 0 Å². The lowest BCUT2D eigenvalue weighted by Gasteiger charge is -2.27. The molecule has 0 atom stereocenters. The van der Waals surface area contributed by atoms with Gasteiger partial charge in [-0.1, -0.05) is 66.9 Å². The van der Waals surface area contributed by atoms with Crippen LogP contribution in [0.5, 0.6) is 0 Å². The molecule has 0 amide bonds. The van der Waals surface area contributed by atoms with Crippen molar-refractivity contribution in [3.05, 3.63) is 60.9 Å². The zero-order valence-corrected chi connectivity index (χ0v) is 20.3. The molecular formula is C26H44O2S. The van der Waals surface area contributed by atoms with E-state index < -0.39 is 0 Å². The van der Waals surface area contributed by atoms with Crippen LogP contribution >= 0.6 is 11.8 Å². The predicted octanol–water partition coefficient (Wildman–Crippen LogP) is 6.92. The Balaban J connectivity index is -0.000000713. The lowest BCUT2D eigenvalue weighted by Crippen LogP contribution is -2.17. The first kappa shape index (κ1) is 29.9. The van der Waals surface area contributed by atoms with Crippen molar-refractivity contribution in [3.8, 4) is 0 Å². The van der Waals surface area contributed by atoms with E-state index in [9.17, 15) is 0 Å². The van der Waals surface area contributed by atoms with Crippen LogP contribution in [0.4, 0.5) is 0 Å². The van der Waals surface area contributed by atoms with Crippen molar-refractivity contribution in [2.45, 2.75) is 94.6 Å². The molecule has 0 aliphatic heterocycles. The number of thioether (sulfide) groups is 1. The van der Waals surface area contributed by atoms with Crippen molar-refractivity contribution >= 4 is 11.8 Å². The van der Waals surface area contributed by atoms with Crippen LogP contribution in [0, 0.1) is 6.58 Å². The molecule has 0 saturated heterocycles. The summed E-state index contributed by atoms with van der Waals surface area (Å²) in [7, 11) is 0. The van der Waals surface area contributed by atoms with Crippen molar-refractivity contribution < 1.29 is 12.0 Å². The normalized spacial score (nSPS) is 14.2. The Kier molecular flexibility index (Phi) is 15.2. The van der Waals surface area contributed by atoms with Crippen LogP contribution in [0.1, 0.15) is 86.2 Å². The number of aliphatic hydroxyl groups is 1. The van der Waals surface area contributed by atoms with Gasteiger partial charge in [0.15, 0.2) is 0 Å². The molecule has 1 saturated carbocycles. The molecule has 166 valence electrons. The summed E-state index contributed by atoms with van der Waals surface area (Å²) >= 11 is 2.13. The van der Waals surface area contributed by atoms with Crippen LogP contribution in [0.15, 0.2) is 48.1 Å². The highest BCUT2D eigenvalue weighted by Crippen LogP contribution is 2.38. The Morgan fingerprint density at radius 2 is 1.48 bits per heavy atom. The van der Waals surface area contributed by atoms with Crippen LogP contribution in [-0.2, 0) is 10.8 Å². The minimum atomic E-state index is -0.0174. The smallest absolute Gasteiger partial charge is 0.0686 e. The zero-order chi connectivity index (χ0) is 21.8. The van der Waals surface area contributed by atoms with Gasteiger partial charge in [0.25, 0.3) is 0 Å². The van der Waals surface area contributed by atoms with Gasteiger partial charge < -0.3 is 10.6 Å². The first-order chi connectivity index (χ1) is 13.1. The largest absolute Gasteiger partial charge is 0.412 e. The van der Waals surface area contributed by atoms with Crippen molar-refractivity contribution in [2.75, 3.05) is 6.61 Å². The third-order valence-electron chi connectivity index (χ3n) is 4.70. The minimum Gasteiger partial charge on any atom is -0.412 e. The third kappa shape index (κ3) is 12.1. The molecule has 1 fully saturated rings. The number of hydrogen-bond donors (Lipinski definition) is 1. The fourth-order valence-corrected chi connectivity index (χ4v) is 4.31. The van der Waals surface area contributed by atoms with Gasteiger partial charge in [-0.15, -0.1) is 30.7 Å². The maximum Gasteiger partial charge on any atom is 0.0686 e. The Hall–Kier alpha value is -1.25. The molecule has 3 heteroatoms. The van der Waals surface area contributed by atoms with Crippen LogP contribution in [0.3, 0.4) is 0 Å². The van der Waals surface area contributed by atoms with Gasteiger partial charge in [-0.3, -0.25) is 0 Å². The topological polar surface area (TPSA) is 51.7 Å². The molecule has 29 heavy (non-hydrogen) atoms. The van der Waals surface area contributed by atoms with Gasteiger partial charge in [0.2, 0.25) is 0 Å². The second-order valence-electron chi connectivity index (χ2n) is 9.18. The SMILES string of the molecule is C=C.CC(C)(C)c1cc(SC2CCCCC2)cc(C(C)(C)C)c1.O.[CH]=C=CCO.[H]. The van der Waals surface area contributed by atoms with Gasteiger partial charge >= 0.3 is 0 Å². The summed E-state index contributed by atoms with van der Waals surface area (Å²) < 4.78 is 0. The summed E-state index contributed by atoms with van der Waals surface area (Å²) in [5.41, 5.74) is 5.55. The quantitative estimate of drug-likeness (QED) is 0.426. The molecule has 1 aromatic carbocycles. The third-order valence-corrected chi connectivity index (χ3v) is 6.02. The monoisotopic (exact) mass is 420 g/mol. The van der Waals surface area contributed by atoms with E-state index in [4.69, 9.17) is 5.11 Å². The summed E-state index contributed by atoms with van der Waals surface area (Å²) in [4.78, 5) is 1.49. The van der Waals surface area contributed by atoms with Crippen LogP contribution in [-0.4, -0.2) is 22.4 Å². The minimum absolute atomic E-state index is 0. The maximum atomic E-state index is 7.87. The lowest BCUT2D eigenvalue weighted by molar-refractivity contribution is 0.343. The van der Waals surface area contributed by atoms with E-state index in [1.807, 2.05) is 0 Å². The number of rotatable bonds is 3. The lowest BCUT2D eigenvalue weighted by atomic mass is 9.81. The molecule has 1 aliphatic rings. The van der Waals surface area contributed by atoms with Gasteiger partial charge in [0.1, 0.15) is 0 Å². The number of benzene rings is 1. The van der Waals surface area contributed by atoms with E-state index >= 15 is 0 Å². The van der Waals surface area contributed by atoms with Crippen LogP contribution in [0.25, 0.3) is 0 Å². The van der Waals surface area contributed by atoms with Gasteiger partial charge in [-0.2, -0.15) is 0 Å². The van der Waals surface area contributed by atoms with E-state index in [2.05, 4.69) is 97.0 Å². The first-order valence-corrected chi connectivity index (χ1v) is 11.2. The Morgan fingerprint density at radius 1 is 1.03 bits per heavy atom. The summed E-state index contributed by atoms with van der Waals surface area (Å²) in [6, 6.07) is 7.30. The standard InChI is InChI=1S/C20H32S.C4H5O.C2H4.H2O.H/c1-19(2,3)15-12-16(20(4,5)6)14-18(13-15)21-17-10-8-7-9-11-17;1-2-3-4-5;1-2;;/h12-14,17H,7-11H2,1-6H3;1,3,5H,4H2;1-2H2;1H2;. The van der Waals surface area contributed by atoms with E-state index in [1.165, 1.54) is 54.2 Å². The number of hydrogen-bond acceptors (Lipinski definition) is 2. The molecule has 2 nitrogen and oxygen atoms in total. The molecule has 2 rings (SSSR count). The number of aliphatic hydroxyl groups excluding tert-OH is 1. The second kappa shape index (κ2) is 14.7. The van der Waals surface area contributed by atoms with Crippen molar-refractivity contribution in [3.63, 3.8) is 0 Å². The molecular weight excluding hydrogens is 376 g/mol. The van der Waals surface area contributed by atoms with E-state index in [-0.39, 0.29) is 24.3 Å². The highest BCUT2D eigenvalue weighted by Gasteiger charge is 2.22. The Labute approximate surface area is 186 Å². The van der Waals surface area contributed by atoms with Crippen molar-refractivity contribution in [1.29, 1.82) is 0 Å². The molecule has 1 aliphatic carbocycles. The van der Waals surface area contributed by atoms with Crippen LogP contribution < -0.4 is 0 Å². The summed E-state index contributed by atoms with van der Waals surface area (Å²) in [5, 5.41) is 8.70. The van der Waals surface area contributed by atoms with Crippen molar-refractivity contribution in [1.82, 2.24) is 0 Å². The zero-order valence-electron chi connectivity index (χ0n) is 20.5. The molecule has 0 unspecified atom stereocenters. The summed E-state index contributed by atoms with van der Waals surface area (Å²) in [5.74, 6) is 0. The molecule has 0 bridgehead atoms. The van der Waals surface area contributed by atoms with Gasteiger partial charge in [0, 0.05) is 11.6 Å². The average molecular weight is 421 g/mol. The van der Waals surface area contributed by atoms with E-state index in [0.29, 0.717) is 0 Å². The summed E-state index contributed by atoms with van der Waals surface area (Å²) in [6.07, 6.45) is 8.41. The molecule has 0 aromatic heterocycles. The predicted molar refractivity (Wildman–Crippen MR) is 132 cm³/mol. The maximum absolute atomic E-state index is 7.87. The average Bonchev–Trinajstić information content (AvgIpc) is 2.64. The van der Waals surface area contributed by atoms with E-state index in [0.717, 1.165) is 5.25 Å². The van der Waals surface area contributed by atoms with Gasteiger partial charge in [-0.05, 0) is 59.6 Å². The highest BCUT2D eigenvalue weighted by molar-refractivity contribution is 8.00. The molecule has 1 aromatic rings. The molecule has 2 radical (unpaired) electrons. The Bertz CT molecular complexity index is 585. The fourth-order valence-electron chi connectivity index (χ4n) is 2.96. The first-order valence-electron chi connectivity index (χ1n) is 10.3.